The molecule has 3 nitrogen and oxygen atoms in total. The summed E-state index contributed by atoms with van der Waals surface area (Å²) in [7, 11) is 0. The number of nitrogens with two attached hydrogens (primary N) is 1. The molecule has 2 N–H and O–H groups in total. The Hall–Kier alpha value is -2.55. The molecule has 0 atom stereocenters. The molecule has 2 aromatic carbocycles. The van der Waals surface area contributed by atoms with Gasteiger partial charge in [-0.25, -0.2) is 4.98 Å². The van der Waals surface area contributed by atoms with Crippen LogP contribution in [0.15, 0.2) is 60.9 Å². The monoisotopic (exact) mass is 319 g/mol. The lowest BCUT2D eigenvalue weighted by Crippen LogP contribution is -2.11. The maximum absolute atomic E-state index is 5.87. The molecule has 3 aromatic rings. The first-order valence-corrected chi connectivity index (χ1v) is 8.36. The van der Waals surface area contributed by atoms with Crippen molar-refractivity contribution in [2.24, 2.45) is 0 Å². The van der Waals surface area contributed by atoms with Crippen LogP contribution in [-0.4, -0.2) is 9.55 Å². The number of anilines is 1. The Morgan fingerprint density at radius 1 is 1.00 bits per heavy atom. The first-order valence-electron chi connectivity index (χ1n) is 8.36. The lowest BCUT2D eigenvalue weighted by Gasteiger charge is -2.19. The van der Waals surface area contributed by atoms with Gasteiger partial charge in [0.15, 0.2) is 0 Å². The van der Waals surface area contributed by atoms with E-state index in [0.717, 1.165) is 24.5 Å². The van der Waals surface area contributed by atoms with E-state index in [0.29, 0.717) is 0 Å². The highest BCUT2D eigenvalue weighted by molar-refractivity contribution is 5.40. The molecule has 0 spiro atoms. The molecule has 3 heteroatoms. The van der Waals surface area contributed by atoms with E-state index in [4.69, 9.17) is 5.73 Å². The van der Waals surface area contributed by atoms with Crippen molar-refractivity contribution >= 4 is 5.69 Å². The van der Waals surface area contributed by atoms with Crippen molar-refractivity contribution in [3.05, 3.63) is 83.4 Å². The maximum atomic E-state index is 5.87. The van der Waals surface area contributed by atoms with Gasteiger partial charge in [-0.1, -0.05) is 57.2 Å². The van der Waals surface area contributed by atoms with Gasteiger partial charge in [-0.3, -0.25) is 0 Å². The van der Waals surface area contributed by atoms with Gasteiger partial charge in [0.05, 0.1) is 0 Å². The second kappa shape index (κ2) is 6.52. The molecular weight excluding hydrogens is 294 g/mol. The van der Waals surface area contributed by atoms with Crippen LogP contribution in [0.25, 0.3) is 0 Å². The third-order valence-electron chi connectivity index (χ3n) is 4.29. The molecule has 24 heavy (non-hydrogen) atoms. The Morgan fingerprint density at radius 3 is 2.42 bits per heavy atom. The lowest BCUT2D eigenvalue weighted by atomic mass is 9.86. The van der Waals surface area contributed by atoms with Crippen molar-refractivity contribution < 1.29 is 0 Å². The summed E-state index contributed by atoms with van der Waals surface area (Å²) in [5.74, 6) is 1.07. The van der Waals surface area contributed by atoms with Crippen molar-refractivity contribution in [1.29, 1.82) is 0 Å². The van der Waals surface area contributed by atoms with Gasteiger partial charge < -0.3 is 10.3 Å². The Morgan fingerprint density at radius 2 is 1.75 bits per heavy atom. The van der Waals surface area contributed by atoms with Crippen LogP contribution < -0.4 is 5.73 Å². The molecule has 0 bridgehead atoms. The maximum Gasteiger partial charge on any atom is 0.113 e. The normalized spacial score (nSPS) is 11.6. The highest BCUT2D eigenvalue weighted by Crippen LogP contribution is 2.23. The molecule has 1 aromatic heterocycles. The molecule has 0 unspecified atom stereocenters. The second-order valence-corrected chi connectivity index (χ2v) is 7.34. The summed E-state index contributed by atoms with van der Waals surface area (Å²) in [5.41, 5.74) is 10.7. The van der Waals surface area contributed by atoms with Crippen LogP contribution in [0.5, 0.6) is 0 Å². The smallest absolute Gasteiger partial charge is 0.113 e. The summed E-state index contributed by atoms with van der Waals surface area (Å²) >= 11 is 0. The molecule has 0 saturated carbocycles. The number of imidazole rings is 1. The van der Waals surface area contributed by atoms with Crippen LogP contribution in [0.4, 0.5) is 5.69 Å². The summed E-state index contributed by atoms with van der Waals surface area (Å²) in [6.07, 6.45) is 4.73. The van der Waals surface area contributed by atoms with Crippen LogP contribution in [0.3, 0.4) is 0 Å². The zero-order chi connectivity index (χ0) is 17.2. The molecule has 124 valence electrons. The Kier molecular flexibility index (Phi) is 4.43. The van der Waals surface area contributed by atoms with Crippen molar-refractivity contribution in [3.8, 4) is 0 Å². The second-order valence-electron chi connectivity index (χ2n) is 7.34. The topological polar surface area (TPSA) is 43.8 Å². The third kappa shape index (κ3) is 3.85. The predicted octanol–water partition coefficient (Wildman–Crippen LogP) is 4.40. The first kappa shape index (κ1) is 16.3. The highest BCUT2D eigenvalue weighted by atomic mass is 15.1. The molecule has 0 saturated heterocycles. The van der Waals surface area contributed by atoms with Crippen LogP contribution in [0.2, 0.25) is 0 Å². The number of hydrogen-bond acceptors (Lipinski definition) is 2. The predicted molar refractivity (Wildman–Crippen MR) is 100 cm³/mol. The first-order chi connectivity index (χ1) is 11.4. The Labute approximate surface area is 144 Å². The average molecular weight is 319 g/mol. The van der Waals surface area contributed by atoms with E-state index in [1.54, 1.807) is 0 Å². The zero-order valence-corrected chi connectivity index (χ0v) is 14.7. The Balaban J connectivity index is 1.76. The van der Waals surface area contributed by atoms with Crippen LogP contribution in [0.1, 0.15) is 43.3 Å². The number of hydrogen-bond donors (Lipinski definition) is 1. The fourth-order valence-electron chi connectivity index (χ4n) is 2.84. The van der Waals surface area contributed by atoms with E-state index in [1.165, 1.54) is 16.7 Å². The fraction of sp³-hybridized carbons (Fsp3) is 0.286. The summed E-state index contributed by atoms with van der Waals surface area (Å²) in [6.45, 7) is 7.50. The summed E-state index contributed by atoms with van der Waals surface area (Å²) in [4.78, 5) is 4.53. The zero-order valence-electron chi connectivity index (χ0n) is 14.7. The molecule has 0 aliphatic carbocycles. The number of rotatable bonds is 4. The van der Waals surface area contributed by atoms with Crippen LogP contribution in [0, 0.1) is 0 Å². The summed E-state index contributed by atoms with van der Waals surface area (Å²) < 4.78 is 2.19. The van der Waals surface area contributed by atoms with Gasteiger partial charge >= 0.3 is 0 Å². The Bertz CT molecular complexity index is 808. The highest BCUT2D eigenvalue weighted by Gasteiger charge is 2.13. The molecule has 0 aliphatic rings. The molecule has 3 rings (SSSR count). The summed E-state index contributed by atoms with van der Waals surface area (Å²) in [5, 5.41) is 0. The van der Waals surface area contributed by atoms with E-state index < -0.39 is 0 Å². The van der Waals surface area contributed by atoms with Crippen molar-refractivity contribution in [2.45, 2.75) is 39.2 Å². The number of nitrogen functional groups attached to an aromatic ring is 1. The van der Waals surface area contributed by atoms with Crippen molar-refractivity contribution in [2.75, 3.05) is 5.73 Å². The largest absolute Gasteiger partial charge is 0.399 e. The molecule has 0 aliphatic heterocycles. The van der Waals surface area contributed by atoms with Crippen LogP contribution in [-0.2, 0) is 18.4 Å². The standard InChI is InChI=1S/C21H25N3/c1-21(2,3)18-9-7-16(8-10-18)14-20-23-11-12-24(20)15-17-5-4-6-19(22)13-17/h4-13H,14-15,22H2,1-3H3. The fourth-order valence-corrected chi connectivity index (χ4v) is 2.84. The van der Waals surface area contributed by atoms with E-state index in [-0.39, 0.29) is 5.41 Å². The minimum atomic E-state index is 0.185. The minimum Gasteiger partial charge on any atom is -0.399 e. The van der Waals surface area contributed by atoms with Gasteiger partial charge in [0.1, 0.15) is 5.82 Å². The minimum absolute atomic E-state index is 0.185. The summed E-state index contributed by atoms with van der Waals surface area (Å²) in [6, 6.07) is 16.9. The molecule has 0 radical (unpaired) electrons. The molecule has 0 fully saturated rings. The molecule has 1 heterocycles. The van der Waals surface area contributed by atoms with Crippen molar-refractivity contribution in [1.82, 2.24) is 9.55 Å². The quantitative estimate of drug-likeness (QED) is 0.724. The number of nitrogens with zero attached hydrogens (tertiary/aromatic N) is 2. The van der Waals surface area contributed by atoms with E-state index in [1.807, 2.05) is 30.6 Å². The van der Waals surface area contributed by atoms with E-state index in [9.17, 15) is 0 Å². The number of aromatic nitrogens is 2. The van der Waals surface area contributed by atoms with Gasteiger partial charge in [-0.15, -0.1) is 0 Å². The van der Waals surface area contributed by atoms with E-state index >= 15 is 0 Å². The average Bonchev–Trinajstić information content (AvgIpc) is 2.94. The van der Waals surface area contributed by atoms with Gasteiger partial charge in [0.2, 0.25) is 0 Å². The lowest BCUT2D eigenvalue weighted by molar-refractivity contribution is 0.590. The van der Waals surface area contributed by atoms with Gasteiger partial charge in [0.25, 0.3) is 0 Å². The van der Waals surface area contributed by atoms with E-state index in [2.05, 4.69) is 60.7 Å². The number of benzene rings is 2. The van der Waals surface area contributed by atoms with Crippen LogP contribution >= 0.6 is 0 Å². The molecular formula is C21H25N3. The van der Waals surface area contributed by atoms with Crippen molar-refractivity contribution in [3.63, 3.8) is 0 Å². The van der Waals surface area contributed by atoms with Gasteiger partial charge in [-0.2, -0.15) is 0 Å². The molecule has 0 amide bonds. The SMILES string of the molecule is CC(C)(C)c1ccc(Cc2nccn2Cc2cccc(N)c2)cc1. The van der Waals surface area contributed by atoms with Gasteiger partial charge in [0, 0.05) is 31.0 Å². The van der Waals surface area contributed by atoms with Gasteiger partial charge in [-0.05, 0) is 34.2 Å². The third-order valence-corrected chi connectivity index (χ3v) is 4.29.